The van der Waals surface area contributed by atoms with Crippen LogP contribution in [0.2, 0.25) is 0 Å². The molecule has 1 amide bonds. The topological polar surface area (TPSA) is 76.2 Å². The summed E-state index contributed by atoms with van der Waals surface area (Å²) < 4.78 is 11.1. The normalized spacial score (nSPS) is 31.2. The highest BCUT2D eigenvalue weighted by Crippen LogP contribution is 2.43. The number of nitrogens with one attached hydrogen (secondary N) is 2. The van der Waals surface area contributed by atoms with E-state index in [2.05, 4.69) is 15.5 Å². The van der Waals surface area contributed by atoms with Crippen LogP contribution in [-0.4, -0.2) is 48.6 Å². The molecule has 24 heavy (non-hydrogen) atoms. The quantitative estimate of drug-likeness (QED) is 0.825. The molecule has 132 valence electrons. The van der Waals surface area contributed by atoms with Crippen molar-refractivity contribution in [3.05, 3.63) is 17.0 Å². The van der Waals surface area contributed by atoms with Crippen LogP contribution in [0.25, 0.3) is 0 Å². The van der Waals surface area contributed by atoms with Crippen molar-refractivity contribution in [3.8, 4) is 0 Å². The van der Waals surface area contributed by atoms with Crippen LogP contribution in [0.15, 0.2) is 0 Å². The summed E-state index contributed by atoms with van der Waals surface area (Å²) in [6, 6.07) is 0.207. The number of aromatic nitrogens is 2. The van der Waals surface area contributed by atoms with E-state index >= 15 is 0 Å². The zero-order chi connectivity index (χ0) is 16.5. The first-order chi connectivity index (χ1) is 11.8. The second-order valence-electron chi connectivity index (χ2n) is 7.33. The van der Waals surface area contributed by atoms with Gasteiger partial charge in [-0.1, -0.05) is 0 Å². The standard InChI is InChI=1S/C18H27N3O3/c1-23-10-13-17(12-8-9-24-18(12)13)19-16(22)7-6-15-11-4-2-3-5-14(11)20-21-15/h12-13,17-18H,2-10H2,1H3,(H,19,22)(H,20,21)/t12-,13-,17-,18-/m0/s1. The number of rotatable bonds is 6. The molecule has 4 rings (SSSR count). The van der Waals surface area contributed by atoms with Crippen LogP contribution < -0.4 is 5.32 Å². The molecule has 0 spiro atoms. The van der Waals surface area contributed by atoms with Gasteiger partial charge in [0, 0.05) is 50.1 Å². The fraction of sp³-hybridized carbons (Fsp3) is 0.778. The maximum atomic E-state index is 12.4. The van der Waals surface area contributed by atoms with E-state index in [4.69, 9.17) is 9.47 Å². The Morgan fingerprint density at radius 3 is 3.17 bits per heavy atom. The number of methoxy groups -OCH3 is 1. The third-order valence-electron chi connectivity index (χ3n) is 5.95. The summed E-state index contributed by atoms with van der Waals surface area (Å²) in [5, 5.41) is 10.8. The summed E-state index contributed by atoms with van der Waals surface area (Å²) in [7, 11) is 1.71. The molecule has 3 aliphatic rings. The number of nitrogens with zero attached hydrogens (tertiary/aromatic N) is 1. The van der Waals surface area contributed by atoms with E-state index in [1.165, 1.54) is 24.1 Å². The lowest BCUT2D eigenvalue weighted by molar-refractivity contribution is -0.129. The molecule has 2 fully saturated rings. The maximum absolute atomic E-state index is 12.4. The van der Waals surface area contributed by atoms with Crippen molar-refractivity contribution in [2.75, 3.05) is 20.3 Å². The summed E-state index contributed by atoms with van der Waals surface area (Å²) in [5.74, 6) is 0.885. The summed E-state index contributed by atoms with van der Waals surface area (Å²) in [4.78, 5) is 12.4. The number of amides is 1. The molecule has 1 aromatic rings. The Labute approximate surface area is 142 Å². The third-order valence-corrected chi connectivity index (χ3v) is 5.95. The molecule has 1 saturated carbocycles. The maximum Gasteiger partial charge on any atom is 0.220 e. The van der Waals surface area contributed by atoms with Gasteiger partial charge in [-0.05, 0) is 37.7 Å². The molecular formula is C18H27N3O3. The van der Waals surface area contributed by atoms with Crippen molar-refractivity contribution in [2.24, 2.45) is 11.8 Å². The number of aryl methyl sites for hydroxylation is 2. The first-order valence-corrected chi connectivity index (χ1v) is 9.23. The van der Waals surface area contributed by atoms with E-state index < -0.39 is 0 Å². The first-order valence-electron chi connectivity index (χ1n) is 9.23. The molecule has 0 bridgehead atoms. The highest BCUT2D eigenvalue weighted by Gasteiger charge is 2.54. The van der Waals surface area contributed by atoms with Crippen molar-refractivity contribution in [3.63, 3.8) is 0 Å². The molecule has 4 atom stereocenters. The number of H-pyrrole nitrogens is 1. The number of carbonyl (C=O) groups is 1. The lowest BCUT2D eigenvalue weighted by atomic mass is 9.67. The second-order valence-corrected chi connectivity index (χ2v) is 7.33. The van der Waals surface area contributed by atoms with Crippen molar-refractivity contribution in [1.82, 2.24) is 15.5 Å². The Morgan fingerprint density at radius 1 is 1.42 bits per heavy atom. The molecule has 1 aliphatic heterocycles. The number of hydrogen-bond donors (Lipinski definition) is 2. The predicted octanol–water partition coefficient (Wildman–Crippen LogP) is 1.39. The monoisotopic (exact) mass is 333 g/mol. The zero-order valence-electron chi connectivity index (χ0n) is 14.3. The molecule has 2 heterocycles. The SMILES string of the molecule is COC[C@H]1[C@@H](NC(=O)CCc2n[nH]c3c2CCCC3)[C@@H]2CCO[C@@H]21. The zero-order valence-corrected chi connectivity index (χ0v) is 14.3. The largest absolute Gasteiger partial charge is 0.384 e. The Bertz CT molecular complexity index is 600. The van der Waals surface area contributed by atoms with E-state index in [1.807, 2.05) is 0 Å². The molecule has 2 N–H and O–H groups in total. The van der Waals surface area contributed by atoms with Crippen molar-refractivity contribution in [2.45, 2.75) is 57.1 Å². The summed E-state index contributed by atoms with van der Waals surface area (Å²) in [6.07, 6.45) is 7.21. The van der Waals surface area contributed by atoms with Crippen LogP contribution in [0.3, 0.4) is 0 Å². The van der Waals surface area contributed by atoms with Crippen molar-refractivity contribution < 1.29 is 14.3 Å². The highest BCUT2D eigenvalue weighted by molar-refractivity contribution is 5.76. The van der Waals surface area contributed by atoms with E-state index in [1.54, 1.807) is 7.11 Å². The van der Waals surface area contributed by atoms with Gasteiger partial charge in [0.15, 0.2) is 0 Å². The van der Waals surface area contributed by atoms with Crippen LogP contribution in [0.1, 0.15) is 42.6 Å². The average molecular weight is 333 g/mol. The van der Waals surface area contributed by atoms with E-state index in [9.17, 15) is 4.79 Å². The Balaban J connectivity index is 1.31. The van der Waals surface area contributed by atoms with Crippen LogP contribution in [0.5, 0.6) is 0 Å². The molecule has 0 unspecified atom stereocenters. The number of aromatic amines is 1. The minimum atomic E-state index is 0.124. The smallest absolute Gasteiger partial charge is 0.220 e. The van der Waals surface area contributed by atoms with Gasteiger partial charge in [-0.2, -0.15) is 5.10 Å². The third kappa shape index (κ3) is 2.86. The number of hydrogen-bond acceptors (Lipinski definition) is 4. The fourth-order valence-corrected chi connectivity index (χ4v) is 4.68. The van der Waals surface area contributed by atoms with Gasteiger partial charge >= 0.3 is 0 Å². The molecule has 0 radical (unpaired) electrons. The van der Waals surface area contributed by atoms with Crippen LogP contribution in [-0.2, 0) is 33.5 Å². The van der Waals surface area contributed by atoms with Crippen LogP contribution >= 0.6 is 0 Å². The first kappa shape index (κ1) is 16.1. The highest BCUT2D eigenvalue weighted by atomic mass is 16.5. The minimum Gasteiger partial charge on any atom is -0.384 e. The number of ether oxygens (including phenoxy) is 2. The van der Waals surface area contributed by atoms with Gasteiger partial charge in [-0.25, -0.2) is 0 Å². The van der Waals surface area contributed by atoms with Gasteiger partial charge in [-0.3, -0.25) is 9.89 Å². The predicted molar refractivity (Wildman–Crippen MR) is 88.7 cm³/mol. The number of fused-ring (bicyclic) bond motifs is 2. The van der Waals surface area contributed by atoms with Gasteiger partial charge in [0.1, 0.15) is 0 Å². The van der Waals surface area contributed by atoms with Gasteiger partial charge < -0.3 is 14.8 Å². The Kier molecular flexibility index (Phi) is 4.59. The minimum absolute atomic E-state index is 0.124. The number of carbonyl (C=O) groups excluding carboxylic acids is 1. The molecule has 0 aromatic carbocycles. The van der Waals surface area contributed by atoms with E-state index in [0.29, 0.717) is 24.9 Å². The van der Waals surface area contributed by atoms with Crippen LogP contribution in [0, 0.1) is 11.8 Å². The molecule has 2 aliphatic carbocycles. The van der Waals surface area contributed by atoms with Crippen LogP contribution in [0.4, 0.5) is 0 Å². The lowest BCUT2D eigenvalue weighted by Crippen LogP contribution is -2.62. The lowest BCUT2D eigenvalue weighted by Gasteiger charge is -2.47. The summed E-state index contributed by atoms with van der Waals surface area (Å²) in [5.41, 5.74) is 3.73. The van der Waals surface area contributed by atoms with E-state index in [0.717, 1.165) is 38.0 Å². The molecule has 6 heteroatoms. The van der Waals surface area contributed by atoms with Gasteiger partial charge in [0.05, 0.1) is 18.4 Å². The van der Waals surface area contributed by atoms with Gasteiger partial charge in [0.2, 0.25) is 5.91 Å². The van der Waals surface area contributed by atoms with Gasteiger partial charge in [0.25, 0.3) is 0 Å². The summed E-state index contributed by atoms with van der Waals surface area (Å²) >= 11 is 0. The van der Waals surface area contributed by atoms with Crippen molar-refractivity contribution in [1.29, 1.82) is 0 Å². The van der Waals surface area contributed by atoms with Gasteiger partial charge in [-0.15, -0.1) is 0 Å². The molecule has 1 saturated heterocycles. The molecular weight excluding hydrogens is 306 g/mol. The van der Waals surface area contributed by atoms with E-state index in [-0.39, 0.29) is 18.1 Å². The second kappa shape index (κ2) is 6.84. The van der Waals surface area contributed by atoms with Crippen molar-refractivity contribution >= 4 is 5.91 Å². The summed E-state index contributed by atoms with van der Waals surface area (Å²) in [6.45, 7) is 1.46. The fourth-order valence-electron chi connectivity index (χ4n) is 4.68. The molecule has 1 aromatic heterocycles. The Morgan fingerprint density at radius 2 is 2.29 bits per heavy atom. The average Bonchev–Trinajstić information content (AvgIpc) is 3.20. The molecule has 6 nitrogen and oxygen atoms in total. The Hall–Kier alpha value is -1.40.